The molecular formula is C27H28ClFN6O5S. The topological polar surface area (TPSA) is 128 Å². The van der Waals surface area contributed by atoms with Crippen molar-refractivity contribution < 1.29 is 28.6 Å². The summed E-state index contributed by atoms with van der Waals surface area (Å²) in [6.45, 7) is 2.55. The minimum atomic E-state index is -0.860. The number of hydrogen-bond acceptors (Lipinski definition) is 9. The molecule has 41 heavy (non-hydrogen) atoms. The average molecular weight is 603 g/mol. The number of carbonyl (C=O) groups is 3. The van der Waals surface area contributed by atoms with Crippen molar-refractivity contribution >= 4 is 46.7 Å². The number of carboxylic acids is 1. The highest BCUT2D eigenvalue weighted by molar-refractivity contribution is 7.11. The largest absolute Gasteiger partial charge is 0.481 e. The maximum atomic E-state index is 13.9. The second-order valence-electron chi connectivity index (χ2n) is 10.7. The zero-order valence-corrected chi connectivity index (χ0v) is 23.8. The van der Waals surface area contributed by atoms with Crippen molar-refractivity contribution in [3.8, 4) is 0 Å². The Bertz CT molecular complexity index is 1460. The van der Waals surface area contributed by atoms with Crippen molar-refractivity contribution in [2.45, 2.75) is 24.9 Å². The van der Waals surface area contributed by atoms with Crippen molar-refractivity contribution in [2.75, 3.05) is 46.4 Å². The summed E-state index contributed by atoms with van der Waals surface area (Å²) in [5, 5.41) is 15.5. The summed E-state index contributed by atoms with van der Waals surface area (Å²) in [5.74, 6) is -1.49. The molecule has 0 radical (unpaired) electrons. The molecule has 0 spiro atoms. The minimum absolute atomic E-state index is 0.110. The summed E-state index contributed by atoms with van der Waals surface area (Å²) < 4.78 is 19.1. The molecule has 2 N–H and O–H groups in total. The molecule has 4 heterocycles. The van der Waals surface area contributed by atoms with Gasteiger partial charge in [0.25, 0.3) is 0 Å². The van der Waals surface area contributed by atoms with Crippen LogP contribution in [0.1, 0.15) is 29.5 Å². The molecule has 3 fully saturated rings. The van der Waals surface area contributed by atoms with E-state index >= 15 is 0 Å². The predicted octanol–water partition coefficient (Wildman–Crippen LogP) is 2.74. The SMILES string of the molecule is COC(=O)C1=C(CN2CCN3C(=O)N(CC4(C(=O)O)CC4)CC3C2)NC(c2nccs2)=N[C@H]1c1ccc(F)cc1Cl. The van der Waals surface area contributed by atoms with E-state index in [2.05, 4.69) is 15.2 Å². The van der Waals surface area contributed by atoms with Crippen LogP contribution in [0.25, 0.3) is 0 Å². The Hall–Kier alpha value is -3.55. The van der Waals surface area contributed by atoms with Crippen LogP contribution in [0, 0.1) is 11.2 Å². The number of thiazole rings is 1. The Balaban J connectivity index is 1.28. The number of urea groups is 1. The number of amides is 2. The number of esters is 1. The van der Waals surface area contributed by atoms with Crippen LogP contribution in [0.15, 0.2) is 46.0 Å². The standard InChI is InChI=1S/C27H28ClFN6O5S/c1-40-24(36)20-19(31-22(23-30-6-9-41-23)32-21(20)17-3-2-15(29)10-18(17)28)13-33-7-8-35-16(11-33)12-34(26(35)39)14-27(4-5-27)25(37)38/h2-3,6,9-10,16,21H,4-5,7-8,11-14H2,1H3,(H,31,32)(H,37,38)/t16?,21-/m0/s1. The van der Waals surface area contributed by atoms with Crippen LogP contribution in [0.5, 0.6) is 0 Å². The highest BCUT2D eigenvalue weighted by Crippen LogP contribution is 2.47. The van der Waals surface area contributed by atoms with Gasteiger partial charge in [0.05, 0.1) is 24.1 Å². The van der Waals surface area contributed by atoms with E-state index in [0.29, 0.717) is 67.7 Å². The zero-order valence-electron chi connectivity index (χ0n) is 22.2. The Morgan fingerprint density at radius 1 is 1.29 bits per heavy atom. The second kappa shape index (κ2) is 10.7. The number of halogens is 2. The molecule has 14 heteroatoms. The first-order chi connectivity index (χ1) is 19.7. The number of benzene rings is 1. The lowest BCUT2D eigenvalue weighted by atomic mass is 9.95. The fourth-order valence-electron chi connectivity index (χ4n) is 5.77. The Morgan fingerprint density at radius 2 is 2.10 bits per heavy atom. The number of hydrogen-bond donors (Lipinski definition) is 2. The number of aliphatic carboxylic acids is 1. The average Bonchev–Trinajstić information content (AvgIpc) is 3.40. The Morgan fingerprint density at radius 3 is 2.76 bits per heavy atom. The van der Waals surface area contributed by atoms with Crippen LogP contribution in [0.2, 0.25) is 5.02 Å². The van der Waals surface area contributed by atoms with E-state index in [9.17, 15) is 23.9 Å². The number of methoxy groups -OCH3 is 1. The molecule has 1 aliphatic carbocycles. The van der Waals surface area contributed by atoms with Gasteiger partial charge in [-0.15, -0.1) is 11.3 Å². The van der Waals surface area contributed by atoms with E-state index in [1.807, 2.05) is 10.3 Å². The summed E-state index contributed by atoms with van der Waals surface area (Å²) in [6.07, 6.45) is 2.82. The van der Waals surface area contributed by atoms with E-state index < -0.39 is 29.2 Å². The molecule has 2 amide bonds. The van der Waals surface area contributed by atoms with Gasteiger partial charge in [0.2, 0.25) is 0 Å². The van der Waals surface area contributed by atoms with Gasteiger partial charge in [-0.1, -0.05) is 17.7 Å². The van der Waals surface area contributed by atoms with Gasteiger partial charge < -0.3 is 25.0 Å². The third-order valence-electron chi connectivity index (χ3n) is 8.12. The van der Waals surface area contributed by atoms with Gasteiger partial charge in [0.1, 0.15) is 11.9 Å². The number of amidine groups is 1. The van der Waals surface area contributed by atoms with Crippen LogP contribution in [0.4, 0.5) is 9.18 Å². The number of nitrogens with one attached hydrogen (secondary N) is 1. The molecule has 2 aromatic rings. The van der Waals surface area contributed by atoms with Gasteiger partial charge in [-0.05, 0) is 25.0 Å². The van der Waals surface area contributed by atoms with Crippen LogP contribution < -0.4 is 5.32 Å². The first-order valence-electron chi connectivity index (χ1n) is 13.2. The van der Waals surface area contributed by atoms with Crippen LogP contribution >= 0.6 is 22.9 Å². The lowest BCUT2D eigenvalue weighted by Crippen LogP contribution is -2.53. The van der Waals surface area contributed by atoms with Gasteiger partial charge >= 0.3 is 18.0 Å². The van der Waals surface area contributed by atoms with Crippen LogP contribution in [-0.4, -0.2) is 101 Å². The molecule has 11 nitrogen and oxygen atoms in total. The maximum absolute atomic E-state index is 13.9. The predicted molar refractivity (Wildman–Crippen MR) is 148 cm³/mol. The van der Waals surface area contributed by atoms with E-state index in [1.165, 1.54) is 36.6 Å². The zero-order chi connectivity index (χ0) is 28.9. The molecule has 4 aliphatic rings. The van der Waals surface area contributed by atoms with Gasteiger partial charge in [-0.25, -0.2) is 19.0 Å². The molecule has 1 aromatic carbocycles. The number of ether oxygens (including phenoxy) is 1. The summed E-state index contributed by atoms with van der Waals surface area (Å²) in [5.41, 5.74) is 0.444. The third-order valence-corrected chi connectivity index (χ3v) is 9.23. The molecule has 2 saturated heterocycles. The minimum Gasteiger partial charge on any atom is -0.481 e. The smallest absolute Gasteiger partial charge is 0.338 e. The van der Waals surface area contributed by atoms with Crippen molar-refractivity contribution in [2.24, 2.45) is 10.4 Å². The molecular weight excluding hydrogens is 575 g/mol. The second-order valence-corrected chi connectivity index (χ2v) is 12.0. The monoisotopic (exact) mass is 602 g/mol. The van der Waals surface area contributed by atoms with Crippen molar-refractivity contribution in [3.63, 3.8) is 0 Å². The van der Waals surface area contributed by atoms with E-state index in [-0.39, 0.29) is 29.2 Å². The van der Waals surface area contributed by atoms with Gasteiger partial charge in [-0.2, -0.15) is 0 Å². The summed E-state index contributed by atoms with van der Waals surface area (Å²) in [6, 6.07) is 2.87. The lowest BCUT2D eigenvalue weighted by molar-refractivity contribution is -0.143. The summed E-state index contributed by atoms with van der Waals surface area (Å²) >= 11 is 7.82. The first kappa shape index (κ1) is 27.6. The number of piperazine rings is 1. The quantitative estimate of drug-likeness (QED) is 0.442. The Kier molecular flexibility index (Phi) is 7.20. The highest BCUT2D eigenvalue weighted by atomic mass is 35.5. The van der Waals surface area contributed by atoms with Crippen molar-refractivity contribution in [1.82, 2.24) is 25.0 Å². The molecule has 1 aromatic heterocycles. The third kappa shape index (κ3) is 5.17. The molecule has 1 unspecified atom stereocenters. The van der Waals surface area contributed by atoms with E-state index in [0.717, 1.165) is 0 Å². The number of carbonyl (C=O) groups excluding carboxylic acids is 2. The maximum Gasteiger partial charge on any atom is 0.338 e. The van der Waals surface area contributed by atoms with E-state index in [4.69, 9.17) is 21.3 Å². The molecule has 216 valence electrons. The number of carboxylic acid groups (broad SMARTS) is 1. The van der Waals surface area contributed by atoms with Crippen molar-refractivity contribution in [3.05, 3.63) is 62.5 Å². The fraction of sp³-hybridized carbons (Fsp3) is 0.444. The van der Waals surface area contributed by atoms with Gasteiger partial charge in [-0.3, -0.25) is 14.7 Å². The van der Waals surface area contributed by atoms with Gasteiger partial charge in [0, 0.05) is 67.1 Å². The number of rotatable bonds is 8. The molecule has 3 aliphatic heterocycles. The van der Waals surface area contributed by atoms with Gasteiger partial charge in [0.15, 0.2) is 10.8 Å². The normalized spacial score (nSPS) is 23.7. The first-order valence-corrected chi connectivity index (χ1v) is 14.5. The highest BCUT2D eigenvalue weighted by Gasteiger charge is 2.54. The van der Waals surface area contributed by atoms with E-state index in [1.54, 1.807) is 11.1 Å². The summed E-state index contributed by atoms with van der Waals surface area (Å²) in [7, 11) is 1.29. The molecule has 1 saturated carbocycles. The number of fused-ring (bicyclic) bond motifs is 1. The molecule has 2 atom stereocenters. The Labute approximate surface area is 244 Å². The number of nitrogens with zero attached hydrogens (tertiary/aromatic N) is 5. The van der Waals surface area contributed by atoms with Crippen LogP contribution in [-0.2, 0) is 14.3 Å². The number of aromatic nitrogens is 1. The number of aliphatic imine (C=N–C) groups is 1. The summed E-state index contributed by atoms with van der Waals surface area (Å²) in [4.78, 5) is 52.7. The van der Waals surface area contributed by atoms with Crippen LogP contribution in [0.3, 0.4) is 0 Å². The lowest BCUT2D eigenvalue weighted by Gasteiger charge is -2.38. The van der Waals surface area contributed by atoms with Crippen molar-refractivity contribution in [1.29, 1.82) is 0 Å². The molecule has 0 bridgehead atoms. The molecule has 6 rings (SSSR count). The fourth-order valence-corrected chi connectivity index (χ4v) is 6.62.